The van der Waals surface area contributed by atoms with Gasteiger partial charge < -0.3 is 50.5 Å². The van der Waals surface area contributed by atoms with Gasteiger partial charge in [-0.15, -0.1) is 0 Å². The highest BCUT2D eigenvalue weighted by Gasteiger charge is 2.44. The highest BCUT2D eigenvalue weighted by Crippen LogP contribution is 2.23. The van der Waals surface area contributed by atoms with Crippen molar-refractivity contribution in [1.82, 2.24) is 5.32 Å². The fourth-order valence-electron chi connectivity index (χ4n) is 6.64. The lowest BCUT2D eigenvalue weighted by Crippen LogP contribution is -2.60. The lowest BCUT2D eigenvalue weighted by Gasteiger charge is -2.40. The number of amides is 1. The van der Waals surface area contributed by atoms with Gasteiger partial charge in [0, 0.05) is 0 Å². The van der Waals surface area contributed by atoms with Gasteiger partial charge in [0.2, 0.25) is 5.91 Å². The summed E-state index contributed by atoms with van der Waals surface area (Å²) in [5.74, 6) is -0.713. The Labute approximate surface area is 321 Å². The lowest BCUT2D eigenvalue weighted by atomic mass is 9.98. The average molecular weight is 758 g/mol. The Balaban J connectivity index is 2.31. The van der Waals surface area contributed by atoms with Crippen LogP contribution in [0.1, 0.15) is 168 Å². The van der Waals surface area contributed by atoms with Crippen molar-refractivity contribution in [2.45, 2.75) is 223 Å². The van der Waals surface area contributed by atoms with Crippen LogP contribution in [0.15, 0.2) is 24.3 Å². The van der Waals surface area contributed by atoms with Gasteiger partial charge in [0.25, 0.3) is 0 Å². The molecule has 1 heterocycles. The van der Waals surface area contributed by atoms with Crippen LogP contribution >= 0.6 is 0 Å². The zero-order valence-electron chi connectivity index (χ0n) is 33.2. The largest absolute Gasteiger partial charge is 0.394 e. The molecular formula is C42H79NO10. The molecule has 0 aliphatic carbocycles. The quantitative estimate of drug-likeness (QED) is 0.0291. The summed E-state index contributed by atoms with van der Waals surface area (Å²) in [5.41, 5.74) is 0. The summed E-state index contributed by atoms with van der Waals surface area (Å²) < 4.78 is 11.0. The average Bonchev–Trinajstić information content (AvgIpc) is 3.16. The van der Waals surface area contributed by atoms with Crippen molar-refractivity contribution in [3.8, 4) is 0 Å². The van der Waals surface area contributed by atoms with Crippen LogP contribution in [-0.4, -0.2) is 110 Å². The van der Waals surface area contributed by atoms with Gasteiger partial charge in [-0.1, -0.05) is 147 Å². The second-order valence-corrected chi connectivity index (χ2v) is 15.1. The predicted octanol–water partition coefficient (Wildman–Crippen LogP) is 5.89. The maximum absolute atomic E-state index is 12.9. The van der Waals surface area contributed by atoms with Gasteiger partial charge in [0.1, 0.15) is 36.6 Å². The number of hydrogen-bond donors (Lipinski definition) is 8. The van der Waals surface area contributed by atoms with Crippen LogP contribution in [0.2, 0.25) is 0 Å². The van der Waals surface area contributed by atoms with Gasteiger partial charge in [-0.2, -0.15) is 0 Å². The van der Waals surface area contributed by atoms with Gasteiger partial charge in [-0.05, 0) is 44.9 Å². The maximum Gasteiger partial charge on any atom is 0.249 e. The first-order valence-corrected chi connectivity index (χ1v) is 21.2. The first kappa shape index (κ1) is 49.6. The minimum Gasteiger partial charge on any atom is -0.394 e. The molecule has 1 aliphatic rings. The van der Waals surface area contributed by atoms with E-state index in [1.54, 1.807) is 0 Å². The molecule has 0 aromatic rings. The molecule has 53 heavy (non-hydrogen) atoms. The fraction of sp³-hybridized carbons (Fsp3) is 0.881. The molecule has 0 saturated carbocycles. The summed E-state index contributed by atoms with van der Waals surface area (Å²) in [6.07, 6.45) is 23.2. The molecule has 8 N–H and O–H groups in total. The number of allylic oxidation sites excluding steroid dienone is 4. The van der Waals surface area contributed by atoms with Crippen LogP contribution in [0.5, 0.6) is 0 Å². The van der Waals surface area contributed by atoms with Crippen LogP contribution in [0.4, 0.5) is 0 Å². The molecule has 0 radical (unpaired) electrons. The Morgan fingerprint density at radius 1 is 0.660 bits per heavy atom. The van der Waals surface area contributed by atoms with E-state index in [0.29, 0.717) is 19.3 Å². The summed E-state index contributed by atoms with van der Waals surface area (Å²) in [7, 11) is 0. The highest BCUT2D eigenvalue weighted by molar-refractivity contribution is 5.80. The van der Waals surface area contributed by atoms with E-state index >= 15 is 0 Å². The van der Waals surface area contributed by atoms with Gasteiger partial charge in [0.05, 0.1) is 25.4 Å². The van der Waals surface area contributed by atoms with E-state index in [0.717, 1.165) is 64.2 Å². The molecule has 1 saturated heterocycles. The number of carbonyl (C=O) groups is 1. The van der Waals surface area contributed by atoms with E-state index in [2.05, 4.69) is 43.5 Å². The fourth-order valence-corrected chi connectivity index (χ4v) is 6.64. The third kappa shape index (κ3) is 23.3. The Kier molecular flexibility index (Phi) is 30.7. The van der Waals surface area contributed by atoms with Crippen molar-refractivity contribution in [2.75, 3.05) is 13.2 Å². The number of nitrogens with one attached hydrogen (secondary N) is 1. The Bertz CT molecular complexity index is 918. The zero-order chi connectivity index (χ0) is 39.1. The lowest BCUT2D eigenvalue weighted by molar-refractivity contribution is -0.303. The van der Waals surface area contributed by atoms with E-state index < -0.39 is 74.2 Å². The van der Waals surface area contributed by atoms with Crippen LogP contribution < -0.4 is 5.32 Å². The van der Waals surface area contributed by atoms with Crippen molar-refractivity contribution >= 4 is 5.91 Å². The molecule has 11 heteroatoms. The SMILES string of the molecule is CCCCCCCCCCC/C=C\C/C=C\CCCCCCCCC(O)C(=O)NC(COC1OC(CO)C(O)C(O)C1O)C(O)C(O)CCCCCC. The van der Waals surface area contributed by atoms with Crippen LogP contribution in [0.25, 0.3) is 0 Å². The van der Waals surface area contributed by atoms with Crippen molar-refractivity contribution in [3.05, 3.63) is 24.3 Å². The number of hydrogen-bond acceptors (Lipinski definition) is 10. The summed E-state index contributed by atoms with van der Waals surface area (Å²) in [6.45, 7) is 3.27. The Morgan fingerprint density at radius 2 is 1.15 bits per heavy atom. The number of unbranched alkanes of at least 4 members (excludes halogenated alkanes) is 18. The molecule has 312 valence electrons. The number of ether oxygens (including phenoxy) is 2. The minimum atomic E-state index is -1.66. The molecular weight excluding hydrogens is 678 g/mol. The molecule has 0 aromatic heterocycles. The van der Waals surface area contributed by atoms with Crippen molar-refractivity contribution < 1.29 is 50.0 Å². The third-order valence-electron chi connectivity index (χ3n) is 10.3. The third-order valence-corrected chi connectivity index (χ3v) is 10.3. The topological polar surface area (TPSA) is 189 Å². The second kappa shape index (κ2) is 32.8. The molecule has 9 atom stereocenters. The van der Waals surface area contributed by atoms with Crippen molar-refractivity contribution in [1.29, 1.82) is 0 Å². The van der Waals surface area contributed by atoms with E-state index in [1.165, 1.54) is 64.2 Å². The first-order valence-electron chi connectivity index (χ1n) is 21.2. The van der Waals surface area contributed by atoms with E-state index in [9.17, 15) is 40.5 Å². The molecule has 1 fully saturated rings. The summed E-state index contributed by atoms with van der Waals surface area (Å²) in [5, 5.41) is 74.7. The van der Waals surface area contributed by atoms with Crippen molar-refractivity contribution in [3.63, 3.8) is 0 Å². The molecule has 1 rings (SSSR count). The molecule has 11 nitrogen and oxygen atoms in total. The number of carbonyl (C=O) groups excluding carboxylic acids is 1. The summed E-state index contributed by atoms with van der Waals surface area (Å²) in [6, 6.07) is -1.17. The van der Waals surface area contributed by atoms with E-state index in [-0.39, 0.29) is 6.42 Å². The Hall–Kier alpha value is -1.41. The smallest absolute Gasteiger partial charge is 0.249 e. The summed E-state index contributed by atoms with van der Waals surface area (Å²) >= 11 is 0. The van der Waals surface area contributed by atoms with E-state index in [4.69, 9.17) is 9.47 Å². The zero-order valence-corrected chi connectivity index (χ0v) is 33.2. The van der Waals surface area contributed by atoms with Crippen LogP contribution in [0, 0.1) is 0 Å². The molecule has 1 aliphatic heterocycles. The standard InChI is InChI=1S/C42H79NO10/c1-3-5-7-9-10-11-12-13-14-15-16-17-18-19-20-21-22-23-24-25-26-28-30-35(46)41(51)43-33(37(47)34(45)29-27-8-6-4-2)32-52-42-40(50)39(49)38(48)36(31-44)53-42/h16-17,19-20,33-40,42,44-50H,3-15,18,21-32H2,1-2H3,(H,43,51)/b17-16-,20-19-. The first-order chi connectivity index (χ1) is 25.7. The second-order valence-electron chi connectivity index (χ2n) is 15.1. The maximum atomic E-state index is 12.9. The predicted molar refractivity (Wildman–Crippen MR) is 210 cm³/mol. The highest BCUT2D eigenvalue weighted by atomic mass is 16.7. The molecule has 1 amide bonds. The van der Waals surface area contributed by atoms with Gasteiger partial charge >= 0.3 is 0 Å². The van der Waals surface area contributed by atoms with Crippen LogP contribution in [0.3, 0.4) is 0 Å². The molecule has 0 spiro atoms. The monoisotopic (exact) mass is 758 g/mol. The van der Waals surface area contributed by atoms with E-state index in [1.807, 2.05) is 0 Å². The van der Waals surface area contributed by atoms with Gasteiger partial charge in [0.15, 0.2) is 6.29 Å². The van der Waals surface area contributed by atoms with Gasteiger partial charge in [-0.3, -0.25) is 4.79 Å². The summed E-state index contributed by atoms with van der Waals surface area (Å²) in [4.78, 5) is 12.9. The molecule has 9 unspecified atom stereocenters. The minimum absolute atomic E-state index is 0.247. The number of aliphatic hydroxyl groups excluding tert-OH is 7. The Morgan fingerprint density at radius 3 is 1.70 bits per heavy atom. The normalized spacial score (nSPS) is 23.1. The number of aliphatic hydroxyl groups is 7. The van der Waals surface area contributed by atoms with Gasteiger partial charge in [-0.25, -0.2) is 0 Å². The molecule has 0 aromatic carbocycles. The van der Waals surface area contributed by atoms with Crippen molar-refractivity contribution in [2.24, 2.45) is 0 Å². The van der Waals surface area contributed by atoms with Crippen LogP contribution in [-0.2, 0) is 14.3 Å². The number of rotatable bonds is 34. The molecule has 0 bridgehead atoms.